The average Bonchev–Trinajstić information content (AvgIpc) is 3.00. The molecule has 1 N–H and O–H groups in total. The quantitative estimate of drug-likeness (QED) is 0.337. The lowest BCUT2D eigenvalue weighted by Gasteiger charge is -2.26. The number of halogens is 2. The SMILES string of the molecule is CCOc1cccc(C2/C(=C(/O)c3ccc(Cl)c(Cl)c3)C(=O)C(=O)N2CCCN(C)C)c1. The summed E-state index contributed by atoms with van der Waals surface area (Å²) in [5, 5.41) is 11.7. The van der Waals surface area contributed by atoms with E-state index < -0.39 is 17.7 Å². The summed E-state index contributed by atoms with van der Waals surface area (Å²) in [4.78, 5) is 29.6. The van der Waals surface area contributed by atoms with E-state index in [4.69, 9.17) is 27.9 Å². The van der Waals surface area contributed by atoms with Crippen molar-refractivity contribution >= 4 is 40.7 Å². The van der Waals surface area contributed by atoms with Gasteiger partial charge in [-0.2, -0.15) is 0 Å². The Hall–Kier alpha value is -2.54. The van der Waals surface area contributed by atoms with Crippen molar-refractivity contribution < 1.29 is 19.4 Å². The Morgan fingerprint density at radius 1 is 1.12 bits per heavy atom. The highest BCUT2D eigenvalue weighted by atomic mass is 35.5. The van der Waals surface area contributed by atoms with Gasteiger partial charge in [0.1, 0.15) is 11.5 Å². The molecule has 1 unspecified atom stereocenters. The zero-order valence-electron chi connectivity index (χ0n) is 18.3. The van der Waals surface area contributed by atoms with Gasteiger partial charge in [0.05, 0.1) is 28.3 Å². The third-order valence-electron chi connectivity index (χ3n) is 5.22. The number of aliphatic hydroxyl groups is 1. The van der Waals surface area contributed by atoms with Crippen molar-refractivity contribution in [1.29, 1.82) is 0 Å². The summed E-state index contributed by atoms with van der Waals surface area (Å²) in [5.41, 5.74) is 1.02. The fourth-order valence-electron chi connectivity index (χ4n) is 3.75. The lowest BCUT2D eigenvalue weighted by atomic mass is 9.95. The molecule has 8 heteroatoms. The second-order valence-corrected chi connectivity index (χ2v) is 8.60. The van der Waals surface area contributed by atoms with Crippen molar-refractivity contribution in [1.82, 2.24) is 9.80 Å². The molecule has 0 bridgehead atoms. The van der Waals surface area contributed by atoms with Gasteiger partial charge < -0.3 is 19.6 Å². The number of nitrogens with zero attached hydrogens (tertiary/aromatic N) is 2. The molecule has 1 atom stereocenters. The van der Waals surface area contributed by atoms with E-state index in [1.165, 1.54) is 17.0 Å². The average molecular weight is 477 g/mol. The van der Waals surface area contributed by atoms with Gasteiger partial charge in [0.2, 0.25) is 0 Å². The van der Waals surface area contributed by atoms with Crippen molar-refractivity contribution in [3.8, 4) is 5.75 Å². The largest absolute Gasteiger partial charge is 0.507 e. The van der Waals surface area contributed by atoms with Crippen molar-refractivity contribution in [2.24, 2.45) is 0 Å². The van der Waals surface area contributed by atoms with Crippen LogP contribution in [0.5, 0.6) is 5.75 Å². The third-order valence-corrected chi connectivity index (χ3v) is 5.96. The normalized spacial score (nSPS) is 17.9. The maximum absolute atomic E-state index is 13.1. The Bertz CT molecular complexity index is 1050. The van der Waals surface area contributed by atoms with Crippen LogP contribution in [0.1, 0.15) is 30.5 Å². The first-order chi connectivity index (χ1) is 15.2. The number of ketones is 1. The molecule has 1 aliphatic heterocycles. The van der Waals surface area contributed by atoms with E-state index in [0.29, 0.717) is 41.5 Å². The van der Waals surface area contributed by atoms with Gasteiger partial charge >= 0.3 is 0 Å². The molecular weight excluding hydrogens is 451 g/mol. The van der Waals surface area contributed by atoms with Gasteiger partial charge in [-0.1, -0.05) is 35.3 Å². The Kier molecular flexibility index (Phi) is 7.82. The van der Waals surface area contributed by atoms with Gasteiger partial charge in [-0.15, -0.1) is 0 Å². The molecule has 1 fully saturated rings. The van der Waals surface area contributed by atoms with E-state index in [2.05, 4.69) is 0 Å². The van der Waals surface area contributed by atoms with Crippen LogP contribution in [0.25, 0.3) is 5.76 Å². The molecule has 3 rings (SSSR count). The first-order valence-corrected chi connectivity index (χ1v) is 11.1. The number of likely N-dealkylation sites (tertiary alicyclic amines) is 1. The summed E-state index contributed by atoms with van der Waals surface area (Å²) in [6.07, 6.45) is 0.675. The number of Topliss-reactive ketones (excluding diaryl/α,β-unsaturated/α-hetero) is 1. The van der Waals surface area contributed by atoms with Crippen LogP contribution in [0.4, 0.5) is 0 Å². The Morgan fingerprint density at radius 2 is 1.88 bits per heavy atom. The summed E-state index contributed by atoms with van der Waals surface area (Å²) in [7, 11) is 3.89. The first-order valence-electron chi connectivity index (χ1n) is 10.4. The second kappa shape index (κ2) is 10.4. The minimum atomic E-state index is -0.743. The summed E-state index contributed by atoms with van der Waals surface area (Å²) in [6, 6.07) is 11.1. The van der Waals surface area contributed by atoms with Crippen LogP contribution >= 0.6 is 23.2 Å². The van der Waals surface area contributed by atoms with E-state index >= 15 is 0 Å². The molecule has 0 spiro atoms. The number of rotatable bonds is 8. The number of carbonyl (C=O) groups is 2. The predicted molar refractivity (Wildman–Crippen MR) is 126 cm³/mol. The molecule has 0 aromatic heterocycles. The lowest BCUT2D eigenvalue weighted by molar-refractivity contribution is -0.139. The fraction of sp³-hybridized carbons (Fsp3) is 0.333. The van der Waals surface area contributed by atoms with Gasteiger partial charge in [-0.3, -0.25) is 9.59 Å². The van der Waals surface area contributed by atoms with Crippen LogP contribution in [0.3, 0.4) is 0 Å². The third kappa shape index (κ3) is 5.09. The molecular formula is C24H26Cl2N2O4. The molecule has 2 aromatic rings. The summed E-state index contributed by atoms with van der Waals surface area (Å²) < 4.78 is 5.61. The molecule has 32 heavy (non-hydrogen) atoms. The van der Waals surface area contributed by atoms with Crippen molar-refractivity contribution in [3.05, 3.63) is 69.2 Å². The Balaban J connectivity index is 2.12. The van der Waals surface area contributed by atoms with Gasteiger partial charge in [0, 0.05) is 12.1 Å². The van der Waals surface area contributed by atoms with Crippen LogP contribution in [0.2, 0.25) is 10.0 Å². The highest BCUT2D eigenvalue weighted by molar-refractivity contribution is 6.46. The van der Waals surface area contributed by atoms with Crippen LogP contribution in [0, 0.1) is 0 Å². The van der Waals surface area contributed by atoms with Gasteiger partial charge in [-0.05, 0) is 69.9 Å². The minimum absolute atomic E-state index is 0.0203. The number of hydrogen-bond acceptors (Lipinski definition) is 5. The second-order valence-electron chi connectivity index (χ2n) is 7.78. The highest BCUT2D eigenvalue weighted by Crippen LogP contribution is 2.41. The van der Waals surface area contributed by atoms with E-state index in [1.807, 2.05) is 38.1 Å². The summed E-state index contributed by atoms with van der Waals surface area (Å²) >= 11 is 12.1. The number of hydrogen-bond donors (Lipinski definition) is 1. The Labute approximate surface area is 198 Å². The molecule has 0 radical (unpaired) electrons. The molecule has 6 nitrogen and oxygen atoms in total. The number of ether oxygens (including phenoxy) is 1. The van der Waals surface area contributed by atoms with Crippen LogP contribution < -0.4 is 4.74 Å². The van der Waals surface area contributed by atoms with Crippen molar-refractivity contribution in [2.45, 2.75) is 19.4 Å². The Morgan fingerprint density at radius 3 is 2.53 bits per heavy atom. The van der Waals surface area contributed by atoms with Crippen LogP contribution in [0.15, 0.2) is 48.0 Å². The van der Waals surface area contributed by atoms with E-state index in [-0.39, 0.29) is 16.4 Å². The van der Waals surface area contributed by atoms with E-state index in [0.717, 1.165) is 6.54 Å². The van der Waals surface area contributed by atoms with E-state index in [1.54, 1.807) is 18.2 Å². The lowest BCUT2D eigenvalue weighted by Crippen LogP contribution is -2.32. The molecule has 1 aliphatic rings. The monoisotopic (exact) mass is 476 g/mol. The summed E-state index contributed by atoms with van der Waals surface area (Å²) in [5.74, 6) is -1.04. The zero-order chi connectivity index (χ0) is 23.4. The van der Waals surface area contributed by atoms with Gasteiger partial charge in [0.25, 0.3) is 11.7 Å². The molecule has 0 aliphatic carbocycles. The summed E-state index contributed by atoms with van der Waals surface area (Å²) in [6.45, 7) is 3.48. The number of aliphatic hydroxyl groups excluding tert-OH is 1. The topological polar surface area (TPSA) is 70.1 Å². The van der Waals surface area contributed by atoms with Gasteiger partial charge in [-0.25, -0.2) is 0 Å². The van der Waals surface area contributed by atoms with Crippen molar-refractivity contribution in [2.75, 3.05) is 33.8 Å². The minimum Gasteiger partial charge on any atom is -0.507 e. The van der Waals surface area contributed by atoms with E-state index in [9.17, 15) is 14.7 Å². The standard InChI is InChI=1S/C24H26Cl2N2O4/c1-4-32-17-8-5-7-15(13-17)21-20(22(29)16-9-10-18(25)19(26)14-16)23(30)24(31)28(21)12-6-11-27(2)3/h5,7-10,13-14,21,29H,4,6,11-12H2,1-3H3/b22-20-. The molecule has 1 saturated heterocycles. The highest BCUT2D eigenvalue weighted by Gasteiger charge is 2.45. The maximum Gasteiger partial charge on any atom is 0.295 e. The molecule has 1 heterocycles. The van der Waals surface area contributed by atoms with Gasteiger partial charge in [0.15, 0.2) is 0 Å². The molecule has 1 amide bonds. The number of benzene rings is 2. The molecule has 0 saturated carbocycles. The smallest absolute Gasteiger partial charge is 0.295 e. The van der Waals surface area contributed by atoms with Crippen LogP contribution in [-0.4, -0.2) is 60.4 Å². The molecule has 170 valence electrons. The first kappa shape index (κ1) is 24.1. The molecule has 2 aromatic carbocycles. The van der Waals surface area contributed by atoms with Crippen LogP contribution in [-0.2, 0) is 9.59 Å². The van der Waals surface area contributed by atoms with Crippen molar-refractivity contribution in [3.63, 3.8) is 0 Å². The zero-order valence-corrected chi connectivity index (χ0v) is 19.8. The maximum atomic E-state index is 13.1. The number of carbonyl (C=O) groups excluding carboxylic acids is 2. The fourth-order valence-corrected chi connectivity index (χ4v) is 4.05. The predicted octanol–water partition coefficient (Wildman–Crippen LogP) is 4.77. The number of amides is 1.